The van der Waals surface area contributed by atoms with Gasteiger partial charge in [-0.2, -0.15) is 0 Å². The van der Waals surface area contributed by atoms with E-state index in [9.17, 15) is 13.2 Å². The van der Waals surface area contributed by atoms with Crippen LogP contribution in [0.15, 0.2) is 30.6 Å². The molecule has 1 heterocycles. The summed E-state index contributed by atoms with van der Waals surface area (Å²) in [5.74, 6) is -2.16. The SMILES string of the molecule is Cc1cc(F)c(F)cc1OCc1cncc(F)c1. The fraction of sp³-hybridized carbons (Fsp3) is 0.154. The predicted octanol–water partition coefficient (Wildman–Crippen LogP) is 3.39. The van der Waals surface area contributed by atoms with Crippen molar-refractivity contribution in [2.45, 2.75) is 13.5 Å². The molecule has 0 atom stereocenters. The first-order chi connectivity index (χ1) is 8.56. The highest BCUT2D eigenvalue weighted by Gasteiger charge is 2.08. The fourth-order valence-electron chi connectivity index (χ4n) is 1.48. The molecule has 0 saturated carbocycles. The number of rotatable bonds is 3. The Hall–Kier alpha value is -2.04. The van der Waals surface area contributed by atoms with Gasteiger partial charge in [0.05, 0.1) is 6.20 Å². The van der Waals surface area contributed by atoms with E-state index in [-0.39, 0.29) is 12.4 Å². The second-order valence-corrected chi connectivity index (χ2v) is 3.83. The van der Waals surface area contributed by atoms with Gasteiger partial charge in [-0.3, -0.25) is 4.98 Å². The van der Waals surface area contributed by atoms with Gasteiger partial charge in [0.15, 0.2) is 11.6 Å². The highest BCUT2D eigenvalue weighted by Crippen LogP contribution is 2.22. The Morgan fingerprint density at radius 3 is 2.50 bits per heavy atom. The van der Waals surface area contributed by atoms with E-state index in [2.05, 4.69) is 4.98 Å². The molecular weight excluding hydrogens is 243 g/mol. The first-order valence-electron chi connectivity index (χ1n) is 5.24. The van der Waals surface area contributed by atoms with Gasteiger partial charge in [-0.15, -0.1) is 0 Å². The fourth-order valence-corrected chi connectivity index (χ4v) is 1.48. The van der Waals surface area contributed by atoms with E-state index in [0.29, 0.717) is 11.1 Å². The number of hydrogen-bond donors (Lipinski definition) is 0. The highest BCUT2D eigenvalue weighted by atomic mass is 19.2. The molecule has 2 nitrogen and oxygen atoms in total. The molecule has 0 saturated heterocycles. The van der Waals surface area contributed by atoms with Crippen LogP contribution in [-0.2, 0) is 6.61 Å². The number of aryl methyl sites for hydroxylation is 1. The Balaban J connectivity index is 2.13. The van der Waals surface area contributed by atoms with Gasteiger partial charge in [0.1, 0.15) is 18.2 Å². The average Bonchev–Trinajstić information content (AvgIpc) is 2.32. The third-order valence-electron chi connectivity index (χ3n) is 2.37. The van der Waals surface area contributed by atoms with Gasteiger partial charge in [-0.25, -0.2) is 13.2 Å². The van der Waals surface area contributed by atoms with Gasteiger partial charge < -0.3 is 4.74 Å². The summed E-state index contributed by atoms with van der Waals surface area (Å²) in [5, 5.41) is 0. The number of nitrogens with zero attached hydrogens (tertiary/aromatic N) is 1. The highest BCUT2D eigenvalue weighted by molar-refractivity contribution is 5.33. The van der Waals surface area contributed by atoms with E-state index in [4.69, 9.17) is 4.74 Å². The van der Waals surface area contributed by atoms with Crippen LogP contribution in [0.5, 0.6) is 5.75 Å². The monoisotopic (exact) mass is 253 g/mol. The maximum absolute atomic E-state index is 13.0. The minimum atomic E-state index is -0.979. The third-order valence-corrected chi connectivity index (χ3v) is 2.37. The molecule has 0 bridgehead atoms. The molecule has 0 unspecified atom stereocenters. The van der Waals surface area contributed by atoms with Crippen molar-refractivity contribution in [2.75, 3.05) is 0 Å². The molecule has 5 heteroatoms. The molecule has 0 fully saturated rings. The normalized spacial score (nSPS) is 10.4. The summed E-state index contributed by atoms with van der Waals surface area (Å²) in [7, 11) is 0. The van der Waals surface area contributed by atoms with E-state index >= 15 is 0 Å². The lowest BCUT2D eigenvalue weighted by molar-refractivity contribution is 0.300. The van der Waals surface area contributed by atoms with Crippen molar-refractivity contribution >= 4 is 0 Å². The quantitative estimate of drug-likeness (QED) is 0.836. The molecule has 0 aliphatic heterocycles. The molecule has 94 valence electrons. The van der Waals surface area contributed by atoms with E-state index in [1.54, 1.807) is 6.92 Å². The molecular formula is C13H10F3NO. The second-order valence-electron chi connectivity index (χ2n) is 3.83. The standard InChI is InChI=1S/C13H10F3NO/c1-8-2-11(15)12(16)4-13(8)18-7-9-3-10(14)6-17-5-9/h2-6H,7H2,1H3. The first-order valence-corrected chi connectivity index (χ1v) is 5.24. The van der Waals surface area contributed by atoms with Crippen molar-refractivity contribution in [3.63, 3.8) is 0 Å². The summed E-state index contributed by atoms with van der Waals surface area (Å²) in [6, 6.07) is 3.29. The Morgan fingerprint density at radius 2 is 1.78 bits per heavy atom. The van der Waals surface area contributed by atoms with Gasteiger partial charge in [-0.05, 0) is 24.6 Å². The number of benzene rings is 1. The van der Waals surface area contributed by atoms with Crippen LogP contribution >= 0.6 is 0 Å². The number of aromatic nitrogens is 1. The van der Waals surface area contributed by atoms with Crippen molar-refractivity contribution in [3.05, 3.63) is 59.2 Å². The van der Waals surface area contributed by atoms with Crippen LogP contribution in [0.4, 0.5) is 13.2 Å². The summed E-state index contributed by atoms with van der Waals surface area (Å²) >= 11 is 0. The van der Waals surface area contributed by atoms with Crippen molar-refractivity contribution in [2.24, 2.45) is 0 Å². The van der Waals surface area contributed by atoms with Crippen LogP contribution in [0.25, 0.3) is 0 Å². The molecule has 0 amide bonds. The lowest BCUT2D eigenvalue weighted by atomic mass is 10.2. The Morgan fingerprint density at radius 1 is 1.06 bits per heavy atom. The van der Waals surface area contributed by atoms with Crippen molar-refractivity contribution in [3.8, 4) is 5.75 Å². The van der Waals surface area contributed by atoms with Crippen molar-refractivity contribution < 1.29 is 17.9 Å². The van der Waals surface area contributed by atoms with Gasteiger partial charge in [-0.1, -0.05) is 0 Å². The van der Waals surface area contributed by atoms with Crippen LogP contribution in [-0.4, -0.2) is 4.98 Å². The average molecular weight is 253 g/mol. The zero-order valence-electron chi connectivity index (χ0n) is 9.58. The maximum atomic E-state index is 13.0. The van der Waals surface area contributed by atoms with E-state index in [0.717, 1.165) is 18.3 Å². The Labute approximate surface area is 102 Å². The van der Waals surface area contributed by atoms with E-state index in [1.807, 2.05) is 0 Å². The molecule has 0 spiro atoms. The second kappa shape index (κ2) is 5.08. The van der Waals surface area contributed by atoms with Gasteiger partial charge >= 0.3 is 0 Å². The molecule has 2 aromatic rings. The molecule has 1 aromatic heterocycles. The largest absolute Gasteiger partial charge is 0.488 e. The lowest BCUT2D eigenvalue weighted by Crippen LogP contribution is -1.99. The summed E-state index contributed by atoms with van der Waals surface area (Å²) < 4.78 is 44.1. The zero-order chi connectivity index (χ0) is 13.1. The van der Waals surface area contributed by atoms with Crippen LogP contribution < -0.4 is 4.74 Å². The van der Waals surface area contributed by atoms with Crippen LogP contribution in [0, 0.1) is 24.4 Å². The topological polar surface area (TPSA) is 22.1 Å². The number of pyridine rings is 1. The zero-order valence-corrected chi connectivity index (χ0v) is 9.58. The smallest absolute Gasteiger partial charge is 0.162 e. The van der Waals surface area contributed by atoms with Crippen molar-refractivity contribution in [1.82, 2.24) is 4.98 Å². The summed E-state index contributed by atoms with van der Waals surface area (Å²) in [5.41, 5.74) is 0.984. The van der Waals surface area contributed by atoms with E-state index < -0.39 is 17.5 Å². The van der Waals surface area contributed by atoms with Crippen molar-refractivity contribution in [1.29, 1.82) is 0 Å². The molecule has 0 aliphatic rings. The van der Waals surface area contributed by atoms with Gasteiger partial charge in [0, 0.05) is 17.8 Å². The summed E-state index contributed by atoms with van der Waals surface area (Å²) in [4.78, 5) is 3.66. The first kappa shape index (κ1) is 12.4. The Bertz CT molecular complexity index is 572. The summed E-state index contributed by atoms with van der Waals surface area (Å²) in [6.45, 7) is 1.64. The molecule has 0 aliphatic carbocycles. The maximum Gasteiger partial charge on any atom is 0.162 e. The lowest BCUT2D eigenvalue weighted by Gasteiger charge is -2.09. The molecule has 0 radical (unpaired) electrons. The molecule has 2 rings (SSSR count). The minimum absolute atomic E-state index is 0.0384. The third kappa shape index (κ3) is 2.80. The molecule has 18 heavy (non-hydrogen) atoms. The number of halogens is 3. The minimum Gasteiger partial charge on any atom is -0.488 e. The van der Waals surface area contributed by atoms with E-state index in [1.165, 1.54) is 12.3 Å². The van der Waals surface area contributed by atoms with Gasteiger partial charge in [0.25, 0.3) is 0 Å². The summed E-state index contributed by atoms with van der Waals surface area (Å²) in [6.07, 6.45) is 2.52. The van der Waals surface area contributed by atoms with Crippen LogP contribution in [0.1, 0.15) is 11.1 Å². The van der Waals surface area contributed by atoms with Gasteiger partial charge in [0.2, 0.25) is 0 Å². The number of ether oxygens (including phenoxy) is 1. The van der Waals surface area contributed by atoms with Crippen LogP contribution in [0.2, 0.25) is 0 Å². The van der Waals surface area contributed by atoms with Crippen LogP contribution in [0.3, 0.4) is 0 Å². The molecule has 0 N–H and O–H groups in total. The molecule has 1 aromatic carbocycles. The number of hydrogen-bond acceptors (Lipinski definition) is 2. The Kier molecular flexibility index (Phi) is 3.50. The predicted molar refractivity (Wildman–Crippen MR) is 59.6 cm³/mol.